The maximum atomic E-state index is 12.3. The van der Waals surface area contributed by atoms with Crippen LogP contribution >= 0.6 is 173 Å². The first-order valence-corrected chi connectivity index (χ1v) is 48.4. The van der Waals surface area contributed by atoms with Crippen molar-refractivity contribution in [1.29, 1.82) is 0 Å². The molecule has 46 heteroatoms. The summed E-state index contributed by atoms with van der Waals surface area (Å²) in [7, 11) is 4.72. The third kappa shape index (κ3) is 33.3. The van der Waals surface area contributed by atoms with Gasteiger partial charge >= 0.3 is 54.9 Å². The fourth-order valence-corrected chi connectivity index (χ4v) is 17.8. The molecule has 11 aromatic rings. The van der Waals surface area contributed by atoms with Gasteiger partial charge in [0, 0.05) is 90.3 Å². The summed E-state index contributed by atoms with van der Waals surface area (Å²) in [6.45, 7) is 40.0. The van der Waals surface area contributed by atoms with Gasteiger partial charge in [-0.15, -0.1) is 23.2 Å². The lowest BCUT2D eigenvalue weighted by Crippen LogP contribution is -2.41. The summed E-state index contributed by atoms with van der Waals surface area (Å²) in [5.41, 5.74) is 10.7. The fourth-order valence-electron chi connectivity index (χ4n) is 12.2. The molecule has 5 aromatic carbocycles. The minimum absolute atomic E-state index is 0. The molecule has 0 unspecified atom stereocenters. The molecular weight excluding hydrogens is 2420 g/mol. The van der Waals surface area contributed by atoms with E-state index in [9.17, 15) is 56.3 Å². The Labute approximate surface area is 858 Å². The SMILES string of the molecule is C.C.CC(C)(C)OC(=O)N1C(=O)Cc2c(Br)cc(Br)cc21.CC(C)(C)OC(=O)OC(=O)OC(C)(C)C.CI.Cc1noc(C)c1-c1cc(-c2c(C)noc2C)c2c(c1)[nH]c(=O)n2C.Cc1noc(C)c1B1OC(C)(C)C(C)(C)O1.ClCCl.Cn1c(=O)[nH]c2cc(Br)cc(Br)c21.Cn1c(=O)n(C(=O)OC(C)(C)C)c2cc(Br)cc(Br)c21.O=C1Cc2c(Br)cc(Br)cc2N1.O=CC(F)(F)F. The van der Waals surface area contributed by atoms with Crippen molar-refractivity contribution in [2.24, 2.45) is 21.1 Å². The van der Waals surface area contributed by atoms with Gasteiger partial charge in [0.05, 0.1) is 85.3 Å². The number of halogens is 14. The van der Waals surface area contributed by atoms with E-state index in [2.05, 4.69) is 186 Å². The van der Waals surface area contributed by atoms with Gasteiger partial charge in [0.1, 0.15) is 39.7 Å². The number of aldehydes is 1. The van der Waals surface area contributed by atoms with Gasteiger partial charge < -0.3 is 61.8 Å². The molecule has 1 saturated heterocycles. The van der Waals surface area contributed by atoms with Gasteiger partial charge in [-0.1, -0.05) is 148 Å². The minimum atomic E-state index is -4.64. The van der Waals surface area contributed by atoms with Crippen molar-refractivity contribution in [3.8, 4) is 22.3 Å². The van der Waals surface area contributed by atoms with Gasteiger partial charge in [0.15, 0.2) is 0 Å². The van der Waals surface area contributed by atoms with Gasteiger partial charge in [-0.05, 0) is 261 Å². The normalized spacial score (nSPS) is 13.2. The lowest BCUT2D eigenvalue weighted by molar-refractivity contribution is -0.156. The Kier molecular flexibility index (Phi) is 44.5. The van der Waals surface area contributed by atoms with Crippen molar-refractivity contribution >= 4 is 273 Å². The molecular formula is C87H106BBr8Cl2F3IN11O20. The second-order valence-electron chi connectivity index (χ2n) is 33.5. The number of imide groups is 1. The molecule has 133 heavy (non-hydrogen) atoms. The molecule has 31 nitrogen and oxygen atoms in total. The van der Waals surface area contributed by atoms with Gasteiger partial charge in [0.2, 0.25) is 18.1 Å². The number of carbonyl (C=O) groups excluding carboxylic acids is 7. The summed E-state index contributed by atoms with van der Waals surface area (Å²) in [5, 5.41) is 15.0. The highest BCUT2D eigenvalue weighted by atomic mass is 127. The largest absolute Gasteiger partial charge is 0.519 e. The number of aromatic nitrogens is 9. The van der Waals surface area contributed by atoms with Gasteiger partial charge in [0.25, 0.3) is 0 Å². The number of ether oxygens (including phenoxy) is 5. The molecule has 6 aromatic heterocycles. The summed E-state index contributed by atoms with van der Waals surface area (Å²) in [4.78, 5) is 123. The Morgan fingerprint density at radius 3 is 1.37 bits per heavy atom. The van der Waals surface area contributed by atoms with Crippen LogP contribution in [0.25, 0.3) is 55.4 Å². The molecule has 0 radical (unpaired) electrons. The van der Waals surface area contributed by atoms with Crippen LogP contribution in [0, 0.1) is 41.5 Å². The molecule has 730 valence electrons. The van der Waals surface area contributed by atoms with E-state index in [1.165, 1.54) is 4.57 Å². The van der Waals surface area contributed by atoms with Crippen LogP contribution in [0.4, 0.5) is 43.7 Å². The van der Waals surface area contributed by atoms with E-state index in [-0.39, 0.29) is 68.1 Å². The highest BCUT2D eigenvalue weighted by Crippen LogP contribution is 2.42. The van der Waals surface area contributed by atoms with E-state index in [0.29, 0.717) is 28.9 Å². The van der Waals surface area contributed by atoms with Crippen LogP contribution in [0.2, 0.25) is 0 Å². The third-order valence-corrected chi connectivity index (χ3v) is 22.6. The molecule has 3 aliphatic heterocycles. The lowest BCUT2D eigenvalue weighted by Gasteiger charge is -2.32. The van der Waals surface area contributed by atoms with Crippen LogP contribution in [0.1, 0.15) is 171 Å². The molecule has 0 bridgehead atoms. The Balaban J connectivity index is 0.000000395. The number of fused-ring (bicyclic) bond motifs is 5. The average Bonchev–Trinajstić information content (AvgIpc) is 1.62. The van der Waals surface area contributed by atoms with Crippen LogP contribution in [0.15, 0.2) is 124 Å². The number of carbonyl (C=O) groups is 7. The van der Waals surface area contributed by atoms with Gasteiger partial charge in [-0.3, -0.25) is 28.1 Å². The fraction of sp³-hybridized carbons (Fsp3) is 0.437. The number of amides is 3. The Morgan fingerprint density at radius 2 is 0.925 bits per heavy atom. The van der Waals surface area contributed by atoms with Crippen LogP contribution in [-0.4, -0.2) is 143 Å². The summed E-state index contributed by atoms with van der Waals surface area (Å²) in [6.07, 6.45) is -8.47. The topological polar surface area (TPSA) is 380 Å². The maximum absolute atomic E-state index is 12.3. The van der Waals surface area contributed by atoms with Crippen LogP contribution in [0.5, 0.6) is 0 Å². The number of rotatable bonds is 3. The Bertz CT molecular complexity index is 6130. The zero-order valence-corrected chi connectivity index (χ0v) is 92.4. The average molecular weight is 2530 g/mol. The number of anilines is 2. The molecule has 0 aliphatic carbocycles. The molecule has 0 saturated carbocycles. The predicted molar refractivity (Wildman–Crippen MR) is 547 cm³/mol. The van der Waals surface area contributed by atoms with E-state index in [1.54, 1.807) is 125 Å². The molecule has 0 atom stereocenters. The van der Waals surface area contributed by atoms with Crippen LogP contribution < -0.4 is 32.7 Å². The number of imidazole rings is 3. The first-order valence-electron chi connectivity index (χ1n) is 38.9. The second-order valence-corrected chi connectivity index (χ2v) is 41.4. The molecule has 14 rings (SSSR count). The summed E-state index contributed by atoms with van der Waals surface area (Å²) >= 11 is 38.7. The molecule has 9 heterocycles. The molecule has 0 spiro atoms. The highest BCUT2D eigenvalue weighted by Gasteiger charge is 2.53. The number of benzene rings is 5. The first-order chi connectivity index (χ1) is 60.2. The minimum Gasteiger partial charge on any atom is -0.443 e. The van der Waals surface area contributed by atoms with E-state index in [4.69, 9.17) is 69.8 Å². The number of alkyl halides is 6. The highest BCUT2D eigenvalue weighted by molar-refractivity contribution is 14.1. The zero-order valence-electron chi connectivity index (χ0n) is 76.1. The monoisotopic (exact) mass is 2520 g/mol. The number of H-pyrrole nitrogens is 2. The Hall–Kier alpha value is -7.25. The van der Waals surface area contributed by atoms with Crippen molar-refractivity contribution in [2.75, 3.05) is 20.5 Å². The number of nitrogens with one attached hydrogen (secondary N) is 3. The third-order valence-electron chi connectivity index (χ3n) is 18.1. The summed E-state index contributed by atoms with van der Waals surface area (Å²) in [6, 6.07) is 18.8. The van der Waals surface area contributed by atoms with Crippen molar-refractivity contribution < 1.29 is 93.3 Å². The van der Waals surface area contributed by atoms with Crippen LogP contribution in [0.3, 0.4) is 0 Å². The predicted octanol–water partition coefficient (Wildman–Crippen LogP) is 25.1. The Morgan fingerprint density at radius 1 is 0.526 bits per heavy atom. The molecule has 3 N–H and O–H groups in total. The van der Waals surface area contributed by atoms with Gasteiger partial charge in [-0.25, -0.2) is 38.5 Å². The van der Waals surface area contributed by atoms with Crippen molar-refractivity contribution in [3.05, 3.63) is 173 Å². The maximum Gasteiger partial charge on any atom is 0.519 e. The van der Waals surface area contributed by atoms with E-state index >= 15 is 0 Å². The van der Waals surface area contributed by atoms with Gasteiger partial charge in [-0.2, -0.15) is 17.7 Å². The molecule has 3 aliphatic rings. The molecule has 1 fully saturated rings. The number of hydrogen-bond donors (Lipinski definition) is 3. The van der Waals surface area contributed by atoms with Crippen molar-refractivity contribution in [3.63, 3.8) is 0 Å². The second kappa shape index (κ2) is 49.4. The number of hydrogen-bond acceptors (Lipinski definition) is 23. The van der Waals surface area contributed by atoms with Crippen LogP contribution in [-0.2, 0) is 81.4 Å². The first kappa shape index (κ1) is 120. The summed E-state index contributed by atoms with van der Waals surface area (Å²) < 4.78 is 95.8. The molecule has 3 amide bonds. The number of nitrogens with zero attached hydrogens (tertiary/aromatic N) is 8. The van der Waals surface area contributed by atoms with E-state index < -0.39 is 65.1 Å². The van der Waals surface area contributed by atoms with E-state index in [0.717, 1.165) is 140 Å². The zero-order chi connectivity index (χ0) is 100. The smallest absolute Gasteiger partial charge is 0.443 e. The number of aryl methyl sites for hydroxylation is 9. The number of aromatic amines is 2. The van der Waals surface area contributed by atoms with Crippen molar-refractivity contribution in [2.45, 2.75) is 220 Å². The standard InChI is InChI=1S/C18H18N4O3.C13H14Br2N2O3.C13H13Br2NO3.C11H18BNO3.C10H18O5.C8H6Br2N2O.C8H5Br2NO.C2HF3O.CH2Cl2.CH3I.2CH4/c1-8-15(10(3)24-20-8)12-6-13(16-9(2)21-25-11(16)4)17-14(7-12)19-18(23)22(17)5;1-13(2,3)20-12(19)17-9-6-7(14)5-8(15)10(9)16(4)11(17)18;1-13(2,3)19-12(18)16-10-5-7(14)4-9(15)8(10)6-11(16)17;1-7-9(8(2)14-13-7)12-15-10(3,4)11(5,6)16-12;1-9(2,3)14-7(11)13-8(12)15-10(4,5)6;1-12-7-5(10)2-4(9)3-6(7)11-8(12)13;9-4-1-6(10)5-3-8(12)11-7(5)2-4;3-2(4,5)1-6;2-1-3;1-2;;/h6-7H,1-5H3,(H,19,23);5-6H,1-4H3;4-5H,6H2,1-3H3;1-6H3;1-6H3;2-3H,1H3,(H,11,13);1-2H,3H2,(H,11,12);1H;1H2;1H3;2*1H4. The lowest BCUT2D eigenvalue weighted by atomic mass is 9.77. The quantitative estimate of drug-likeness (QED) is 0.0281. The summed E-state index contributed by atoms with van der Waals surface area (Å²) in [5.74, 6) is 1.99. The van der Waals surface area contributed by atoms with Crippen molar-refractivity contribution in [1.82, 2.24) is 43.7 Å². The van der Waals surface area contributed by atoms with E-state index in [1.807, 2.05) is 123 Å².